The van der Waals surface area contributed by atoms with Crippen LogP contribution in [0.25, 0.3) is 0 Å². The molecule has 1 unspecified atom stereocenters. The normalized spacial score (nSPS) is 12.2. The third kappa shape index (κ3) is 3.12. The molecule has 1 N–H and O–H groups in total. The highest BCUT2D eigenvalue weighted by Gasteiger charge is 2.02. The van der Waals surface area contributed by atoms with Gasteiger partial charge in [0, 0.05) is 10.0 Å². The Balaban J connectivity index is 2.74. The van der Waals surface area contributed by atoms with Crippen molar-refractivity contribution in [3.8, 4) is 5.75 Å². The Kier molecular flexibility index (Phi) is 4.10. The fourth-order valence-electron chi connectivity index (χ4n) is 0.919. The molecule has 4 heteroatoms. The summed E-state index contributed by atoms with van der Waals surface area (Å²) in [7, 11) is 0. The summed E-state index contributed by atoms with van der Waals surface area (Å²) in [5.74, 6) is 0.580. The molecule has 3 nitrogen and oxygen atoms in total. The molecule has 1 aromatic rings. The quantitative estimate of drug-likeness (QED) is 0.841. The van der Waals surface area contributed by atoms with Crippen molar-refractivity contribution in [2.75, 3.05) is 6.61 Å². The molecule has 0 aliphatic heterocycles. The van der Waals surface area contributed by atoms with Gasteiger partial charge in [-0.25, -0.2) is 0 Å². The van der Waals surface area contributed by atoms with Crippen LogP contribution in [0.1, 0.15) is 17.3 Å². The Bertz CT molecular complexity index is 323. The van der Waals surface area contributed by atoms with Crippen LogP contribution in [-0.4, -0.2) is 24.1 Å². The maximum Gasteiger partial charge on any atom is 0.151 e. The molecule has 0 saturated carbocycles. The number of hydrogen-bond acceptors (Lipinski definition) is 3. The van der Waals surface area contributed by atoms with E-state index in [-0.39, 0.29) is 6.61 Å². The van der Waals surface area contributed by atoms with Crippen molar-refractivity contribution in [2.45, 2.75) is 13.0 Å². The molecule has 0 saturated heterocycles. The molecule has 14 heavy (non-hydrogen) atoms. The molecular weight excluding hydrogens is 248 g/mol. The van der Waals surface area contributed by atoms with Crippen LogP contribution in [0.2, 0.25) is 0 Å². The summed E-state index contributed by atoms with van der Waals surface area (Å²) in [5.41, 5.74) is 0.535. The highest BCUT2D eigenvalue weighted by molar-refractivity contribution is 9.10. The number of benzene rings is 1. The number of halogens is 1. The molecule has 0 radical (unpaired) electrons. The molecule has 0 heterocycles. The number of ether oxygens (including phenoxy) is 1. The van der Waals surface area contributed by atoms with Crippen LogP contribution in [0.3, 0.4) is 0 Å². The monoisotopic (exact) mass is 258 g/mol. The largest absolute Gasteiger partial charge is 0.491 e. The number of hydrogen-bond donors (Lipinski definition) is 1. The van der Waals surface area contributed by atoms with Crippen LogP contribution in [0, 0.1) is 0 Å². The van der Waals surface area contributed by atoms with Gasteiger partial charge in [0.2, 0.25) is 0 Å². The third-order valence-electron chi connectivity index (χ3n) is 1.59. The highest BCUT2D eigenvalue weighted by atomic mass is 79.9. The molecule has 76 valence electrons. The Hall–Kier alpha value is -0.870. The number of aliphatic hydroxyl groups excluding tert-OH is 1. The van der Waals surface area contributed by atoms with Gasteiger partial charge in [0.25, 0.3) is 0 Å². The van der Waals surface area contributed by atoms with Crippen LogP contribution in [0.15, 0.2) is 22.7 Å². The minimum absolute atomic E-state index is 0.222. The average molecular weight is 259 g/mol. The Morgan fingerprint density at radius 2 is 2.36 bits per heavy atom. The lowest BCUT2D eigenvalue weighted by Gasteiger charge is -2.08. The standard InChI is InChI=1S/C10H11BrO3/c1-7(13)6-14-9-2-3-10(11)8(4-9)5-12/h2-5,7,13H,6H2,1H3. The van der Waals surface area contributed by atoms with Crippen LogP contribution < -0.4 is 4.74 Å². The summed E-state index contributed by atoms with van der Waals surface area (Å²) in [6.07, 6.45) is 0.234. The fraction of sp³-hybridized carbons (Fsp3) is 0.300. The maximum absolute atomic E-state index is 10.6. The van der Waals surface area contributed by atoms with Gasteiger partial charge in [-0.15, -0.1) is 0 Å². The van der Waals surface area contributed by atoms with Crippen LogP contribution in [0.4, 0.5) is 0 Å². The summed E-state index contributed by atoms with van der Waals surface area (Å²) >= 11 is 3.23. The molecular formula is C10H11BrO3. The van der Waals surface area contributed by atoms with Crippen molar-refractivity contribution >= 4 is 22.2 Å². The van der Waals surface area contributed by atoms with Gasteiger partial charge in [-0.05, 0) is 25.1 Å². The number of aldehydes is 1. The van der Waals surface area contributed by atoms with E-state index >= 15 is 0 Å². The number of rotatable bonds is 4. The van der Waals surface area contributed by atoms with Crippen LogP contribution in [-0.2, 0) is 0 Å². The third-order valence-corrected chi connectivity index (χ3v) is 2.31. The molecule has 0 aliphatic carbocycles. The molecule has 1 atom stereocenters. The highest BCUT2D eigenvalue weighted by Crippen LogP contribution is 2.21. The second kappa shape index (κ2) is 5.12. The molecule has 1 aromatic carbocycles. The lowest BCUT2D eigenvalue weighted by Crippen LogP contribution is -2.12. The summed E-state index contributed by atoms with van der Waals surface area (Å²) in [6.45, 7) is 1.86. The topological polar surface area (TPSA) is 46.5 Å². The van der Waals surface area contributed by atoms with E-state index in [9.17, 15) is 4.79 Å². The first-order chi connectivity index (χ1) is 6.63. The number of aliphatic hydroxyl groups is 1. The van der Waals surface area contributed by atoms with E-state index in [1.807, 2.05) is 0 Å². The van der Waals surface area contributed by atoms with Gasteiger partial charge in [-0.2, -0.15) is 0 Å². The van der Waals surface area contributed by atoms with E-state index in [0.717, 1.165) is 10.8 Å². The van der Waals surface area contributed by atoms with Crippen molar-refractivity contribution < 1.29 is 14.6 Å². The van der Waals surface area contributed by atoms with E-state index < -0.39 is 6.10 Å². The minimum Gasteiger partial charge on any atom is -0.491 e. The van der Waals surface area contributed by atoms with Gasteiger partial charge in [-0.1, -0.05) is 15.9 Å². The molecule has 0 bridgehead atoms. The first-order valence-corrected chi connectivity index (χ1v) is 4.98. The molecule has 0 amide bonds. The summed E-state index contributed by atoms with van der Waals surface area (Å²) in [4.78, 5) is 10.6. The van der Waals surface area contributed by atoms with E-state index in [0.29, 0.717) is 11.3 Å². The van der Waals surface area contributed by atoms with Crippen molar-refractivity contribution in [1.29, 1.82) is 0 Å². The van der Waals surface area contributed by atoms with E-state index in [1.54, 1.807) is 25.1 Å². The van der Waals surface area contributed by atoms with Crippen molar-refractivity contribution in [3.63, 3.8) is 0 Å². The predicted octanol–water partition coefficient (Wildman–Crippen LogP) is 2.02. The lowest BCUT2D eigenvalue weighted by molar-refractivity contribution is 0.112. The van der Waals surface area contributed by atoms with Crippen LogP contribution in [0.5, 0.6) is 5.75 Å². The maximum atomic E-state index is 10.6. The summed E-state index contributed by atoms with van der Waals surface area (Å²) in [6, 6.07) is 5.10. The van der Waals surface area contributed by atoms with Gasteiger partial charge in [-0.3, -0.25) is 4.79 Å². The smallest absolute Gasteiger partial charge is 0.151 e. The van der Waals surface area contributed by atoms with Crippen molar-refractivity contribution in [2.24, 2.45) is 0 Å². The predicted molar refractivity (Wildman–Crippen MR) is 56.7 cm³/mol. The number of carbonyl (C=O) groups excluding carboxylic acids is 1. The lowest BCUT2D eigenvalue weighted by atomic mass is 10.2. The van der Waals surface area contributed by atoms with E-state index in [4.69, 9.17) is 9.84 Å². The average Bonchev–Trinajstić information content (AvgIpc) is 2.16. The van der Waals surface area contributed by atoms with Gasteiger partial charge < -0.3 is 9.84 Å². The fourth-order valence-corrected chi connectivity index (χ4v) is 1.26. The minimum atomic E-state index is -0.515. The van der Waals surface area contributed by atoms with Gasteiger partial charge in [0.15, 0.2) is 6.29 Å². The zero-order chi connectivity index (χ0) is 10.6. The van der Waals surface area contributed by atoms with E-state index in [2.05, 4.69) is 15.9 Å². The Morgan fingerprint density at radius 1 is 1.64 bits per heavy atom. The summed E-state index contributed by atoms with van der Waals surface area (Å²) < 4.78 is 5.97. The second-order valence-electron chi connectivity index (χ2n) is 2.96. The van der Waals surface area contributed by atoms with Crippen molar-refractivity contribution in [1.82, 2.24) is 0 Å². The Morgan fingerprint density at radius 3 is 2.93 bits per heavy atom. The molecule has 0 aliphatic rings. The zero-order valence-electron chi connectivity index (χ0n) is 7.74. The molecule has 0 fully saturated rings. The molecule has 0 aromatic heterocycles. The first-order valence-electron chi connectivity index (χ1n) is 4.19. The van der Waals surface area contributed by atoms with E-state index in [1.165, 1.54) is 0 Å². The van der Waals surface area contributed by atoms with Gasteiger partial charge in [0.1, 0.15) is 12.4 Å². The summed E-state index contributed by atoms with van der Waals surface area (Å²) in [5, 5.41) is 8.99. The van der Waals surface area contributed by atoms with Crippen molar-refractivity contribution in [3.05, 3.63) is 28.2 Å². The second-order valence-corrected chi connectivity index (χ2v) is 3.82. The molecule has 0 spiro atoms. The number of carbonyl (C=O) groups is 1. The van der Waals surface area contributed by atoms with Gasteiger partial charge in [0.05, 0.1) is 6.10 Å². The van der Waals surface area contributed by atoms with Gasteiger partial charge >= 0.3 is 0 Å². The SMILES string of the molecule is CC(O)COc1ccc(Br)c(C=O)c1. The first kappa shape index (κ1) is 11.2. The zero-order valence-corrected chi connectivity index (χ0v) is 9.32. The molecule has 1 rings (SSSR count). The van der Waals surface area contributed by atoms with Crippen LogP contribution >= 0.6 is 15.9 Å². The Labute approximate surface area is 90.8 Å².